The van der Waals surface area contributed by atoms with Gasteiger partial charge in [0.25, 0.3) is 0 Å². The minimum Gasteiger partial charge on any atom is -0.331 e. The smallest absolute Gasteiger partial charge is 0.00439 e. The summed E-state index contributed by atoms with van der Waals surface area (Å²) in [6.07, 6.45) is 0. The molecule has 0 spiro atoms. The SMILES string of the molecule is NCC[SiH3]. The Hall–Kier alpha value is 0.177. The summed E-state index contributed by atoms with van der Waals surface area (Å²) in [6.45, 7) is 0.881. The Morgan fingerprint density at radius 1 is 1.75 bits per heavy atom. The van der Waals surface area contributed by atoms with Gasteiger partial charge in [-0.25, -0.2) is 0 Å². The van der Waals surface area contributed by atoms with E-state index in [-0.39, 0.29) is 0 Å². The van der Waals surface area contributed by atoms with Gasteiger partial charge in [0.05, 0.1) is 0 Å². The van der Waals surface area contributed by atoms with E-state index in [0.29, 0.717) is 0 Å². The highest BCUT2D eigenvalue weighted by Gasteiger charge is 1.56. The highest BCUT2D eigenvalue weighted by molar-refractivity contribution is 6.08. The van der Waals surface area contributed by atoms with Crippen LogP contribution in [0.25, 0.3) is 0 Å². The Labute approximate surface area is 29.6 Å². The average molecular weight is 75.2 g/mol. The Bertz CT molecular complexity index is 8.00. The molecule has 0 aliphatic carbocycles. The van der Waals surface area contributed by atoms with Crippen LogP contribution in [0.3, 0.4) is 0 Å². The summed E-state index contributed by atoms with van der Waals surface area (Å²) in [6, 6.07) is 1.24. The van der Waals surface area contributed by atoms with E-state index in [0.717, 1.165) is 6.54 Å². The molecule has 0 heterocycles. The van der Waals surface area contributed by atoms with Crippen molar-refractivity contribution in [2.45, 2.75) is 6.04 Å². The van der Waals surface area contributed by atoms with Crippen molar-refractivity contribution in [3.05, 3.63) is 0 Å². The molecule has 1 nitrogen and oxygen atoms in total. The van der Waals surface area contributed by atoms with Crippen molar-refractivity contribution in [3.8, 4) is 0 Å². The van der Waals surface area contributed by atoms with E-state index in [1.807, 2.05) is 0 Å². The summed E-state index contributed by atoms with van der Waals surface area (Å²) in [5.41, 5.74) is 5.06. The zero-order chi connectivity index (χ0) is 3.41. The summed E-state index contributed by atoms with van der Waals surface area (Å²) in [5, 5.41) is 0. The van der Waals surface area contributed by atoms with Gasteiger partial charge in [0, 0.05) is 10.2 Å². The molecule has 0 fully saturated rings. The molecular weight excluding hydrogens is 66.1 g/mol. The number of nitrogens with two attached hydrogens (primary N) is 1. The average Bonchev–Trinajstić information content (AvgIpc) is 1.37. The van der Waals surface area contributed by atoms with Crippen LogP contribution in [0.5, 0.6) is 0 Å². The van der Waals surface area contributed by atoms with Crippen LogP contribution in [-0.4, -0.2) is 16.8 Å². The van der Waals surface area contributed by atoms with Gasteiger partial charge >= 0.3 is 0 Å². The molecule has 0 radical (unpaired) electrons. The van der Waals surface area contributed by atoms with Crippen LogP contribution >= 0.6 is 0 Å². The van der Waals surface area contributed by atoms with Gasteiger partial charge in [0.2, 0.25) is 0 Å². The van der Waals surface area contributed by atoms with Crippen molar-refractivity contribution in [2.75, 3.05) is 6.54 Å². The molecular formula is C2H9NSi. The zero-order valence-electron chi connectivity index (χ0n) is 2.99. The summed E-state index contributed by atoms with van der Waals surface area (Å²) in [4.78, 5) is 0. The van der Waals surface area contributed by atoms with Gasteiger partial charge in [-0.3, -0.25) is 0 Å². The topological polar surface area (TPSA) is 26.0 Å². The molecule has 2 heteroatoms. The van der Waals surface area contributed by atoms with Crippen molar-refractivity contribution in [3.63, 3.8) is 0 Å². The largest absolute Gasteiger partial charge is 0.331 e. The molecule has 26 valence electrons. The van der Waals surface area contributed by atoms with Gasteiger partial charge in [-0.1, -0.05) is 6.04 Å². The molecule has 0 aliphatic heterocycles. The second kappa shape index (κ2) is 3.18. The van der Waals surface area contributed by atoms with E-state index in [1.165, 1.54) is 16.3 Å². The standard InChI is InChI=1S/C2H9NSi/c3-1-2-4/h1-3H2,4H3. The van der Waals surface area contributed by atoms with Crippen molar-refractivity contribution >= 4 is 10.2 Å². The first-order valence-corrected chi connectivity index (χ1v) is 3.03. The Kier molecular flexibility index (Phi) is 3.32. The van der Waals surface area contributed by atoms with Crippen LogP contribution in [-0.2, 0) is 0 Å². The first-order valence-electron chi connectivity index (χ1n) is 1.62. The van der Waals surface area contributed by atoms with E-state index in [2.05, 4.69) is 0 Å². The van der Waals surface area contributed by atoms with Crippen molar-refractivity contribution in [2.24, 2.45) is 5.73 Å². The molecule has 0 amide bonds. The van der Waals surface area contributed by atoms with Crippen LogP contribution in [0.15, 0.2) is 0 Å². The Morgan fingerprint density at radius 2 is 2.00 bits per heavy atom. The lowest BCUT2D eigenvalue weighted by molar-refractivity contribution is 1.13. The normalized spacial score (nSPS) is 8.25. The number of hydrogen-bond donors (Lipinski definition) is 1. The third kappa shape index (κ3) is 2.18. The lowest BCUT2D eigenvalue weighted by atomic mass is 10.8. The maximum atomic E-state index is 5.06. The van der Waals surface area contributed by atoms with Crippen molar-refractivity contribution in [1.29, 1.82) is 0 Å². The number of rotatable bonds is 1. The molecule has 0 aliphatic rings. The fourth-order valence-electron chi connectivity index (χ4n) is 0. The molecule has 0 aromatic rings. The maximum Gasteiger partial charge on any atom is 0.00439 e. The molecule has 0 aromatic heterocycles. The Morgan fingerprint density at radius 3 is 2.00 bits per heavy atom. The molecule has 0 saturated carbocycles. The molecule has 0 atom stereocenters. The van der Waals surface area contributed by atoms with E-state index in [1.54, 1.807) is 0 Å². The summed E-state index contributed by atoms with van der Waals surface area (Å²) in [7, 11) is 1.26. The second-order valence-electron chi connectivity index (χ2n) is 0.789. The predicted molar refractivity (Wildman–Crippen MR) is 23.8 cm³/mol. The summed E-state index contributed by atoms with van der Waals surface area (Å²) in [5.74, 6) is 0. The summed E-state index contributed by atoms with van der Waals surface area (Å²) >= 11 is 0. The van der Waals surface area contributed by atoms with Gasteiger partial charge in [0.1, 0.15) is 0 Å². The van der Waals surface area contributed by atoms with Gasteiger partial charge in [-0.15, -0.1) is 0 Å². The highest BCUT2D eigenvalue weighted by Crippen LogP contribution is 1.51. The fourth-order valence-corrected chi connectivity index (χ4v) is 0. The number of hydrogen-bond acceptors (Lipinski definition) is 1. The molecule has 0 rings (SSSR count). The summed E-state index contributed by atoms with van der Waals surface area (Å²) < 4.78 is 0. The van der Waals surface area contributed by atoms with Gasteiger partial charge in [0.15, 0.2) is 0 Å². The molecule has 0 bridgehead atoms. The third-order valence-electron chi connectivity index (χ3n) is 0.289. The lowest BCUT2D eigenvalue weighted by Gasteiger charge is -1.69. The lowest BCUT2D eigenvalue weighted by Crippen LogP contribution is -1.94. The van der Waals surface area contributed by atoms with Crippen LogP contribution < -0.4 is 5.73 Å². The molecule has 0 aromatic carbocycles. The molecule has 0 unspecified atom stereocenters. The zero-order valence-corrected chi connectivity index (χ0v) is 4.99. The Balaban J connectivity index is 1.97. The van der Waals surface area contributed by atoms with Crippen LogP contribution in [0.1, 0.15) is 0 Å². The van der Waals surface area contributed by atoms with Gasteiger partial charge in [-0.05, 0) is 6.54 Å². The fraction of sp³-hybridized carbons (Fsp3) is 1.00. The quantitative estimate of drug-likeness (QED) is 0.386. The van der Waals surface area contributed by atoms with E-state index in [4.69, 9.17) is 5.73 Å². The van der Waals surface area contributed by atoms with Crippen molar-refractivity contribution < 1.29 is 0 Å². The highest BCUT2D eigenvalue weighted by atomic mass is 28.1. The minimum atomic E-state index is 0.881. The molecule has 2 N–H and O–H groups in total. The van der Waals surface area contributed by atoms with E-state index >= 15 is 0 Å². The maximum absolute atomic E-state index is 5.06. The van der Waals surface area contributed by atoms with Gasteiger partial charge in [-0.2, -0.15) is 0 Å². The van der Waals surface area contributed by atoms with E-state index < -0.39 is 0 Å². The molecule has 0 saturated heterocycles. The third-order valence-corrected chi connectivity index (χ3v) is 0.866. The van der Waals surface area contributed by atoms with Crippen LogP contribution in [0.2, 0.25) is 6.04 Å². The minimum absolute atomic E-state index is 0.881. The van der Waals surface area contributed by atoms with Crippen LogP contribution in [0, 0.1) is 0 Å². The van der Waals surface area contributed by atoms with Crippen LogP contribution in [0.4, 0.5) is 0 Å². The second-order valence-corrected chi connectivity index (χ2v) is 1.79. The van der Waals surface area contributed by atoms with Gasteiger partial charge < -0.3 is 5.73 Å². The monoisotopic (exact) mass is 75.1 g/mol. The first kappa shape index (κ1) is 4.18. The van der Waals surface area contributed by atoms with Crippen molar-refractivity contribution in [1.82, 2.24) is 0 Å². The first-order chi connectivity index (χ1) is 1.91. The predicted octanol–water partition coefficient (Wildman–Crippen LogP) is -1.27. The van der Waals surface area contributed by atoms with E-state index in [9.17, 15) is 0 Å². The molecule has 4 heavy (non-hydrogen) atoms.